The van der Waals surface area contributed by atoms with Crippen LogP contribution in [0.15, 0.2) is 29.2 Å². The first kappa shape index (κ1) is 13.7. The first-order valence-corrected chi connectivity index (χ1v) is 7.69. The lowest BCUT2D eigenvalue weighted by molar-refractivity contribution is 0.563. The van der Waals surface area contributed by atoms with Crippen molar-refractivity contribution in [2.24, 2.45) is 5.92 Å². The van der Waals surface area contributed by atoms with Gasteiger partial charge in [0.05, 0.1) is 4.90 Å². The molecule has 0 saturated heterocycles. The van der Waals surface area contributed by atoms with E-state index in [4.69, 9.17) is 0 Å². The van der Waals surface area contributed by atoms with Crippen LogP contribution in [0.1, 0.15) is 12.5 Å². The maximum Gasteiger partial charge on any atom is 0.240 e. The summed E-state index contributed by atoms with van der Waals surface area (Å²) in [6.07, 6.45) is 0. The fraction of sp³-hybridized carbons (Fsp3) is 0.455. The lowest BCUT2D eigenvalue weighted by atomic mass is 10.2. The van der Waals surface area contributed by atoms with Crippen LogP contribution in [0, 0.1) is 12.8 Å². The van der Waals surface area contributed by atoms with E-state index in [2.05, 4.69) is 20.7 Å². The summed E-state index contributed by atoms with van der Waals surface area (Å²) in [5.41, 5.74) is 0.765. The molecule has 0 aliphatic carbocycles. The molecule has 0 radical (unpaired) electrons. The fourth-order valence-corrected chi connectivity index (χ4v) is 2.88. The van der Waals surface area contributed by atoms with E-state index in [9.17, 15) is 8.42 Å². The van der Waals surface area contributed by atoms with Gasteiger partial charge in [-0.05, 0) is 24.5 Å². The van der Waals surface area contributed by atoms with Crippen LogP contribution in [0.4, 0.5) is 0 Å². The zero-order chi connectivity index (χ0) is 12.2. The highest BCUT2D eigenvalue weighted by Crippen LogP contribution is 2.14. The van der Waals surface area contributed by atoms with Gasteiger partial charge in [0.2, 0.25) is 10.0 Å². The number of aryl methyl sites for hydroxylation is 1. The zero-order valence-corrected chi connectivity index (χ0v) is 11.8. The van der Waals surface area contributed by atoms with Gasteiger partial charge in [0.15, 0.2) is 0 Å². The van der Waals surface area contributed by atoms with Crippen LogP contribution in [-0.2, 0) is 10.0 Å². The summed E-state index contributed by atoms with van der Waals surface area (Å²) >= 11 is 3.32. The van der Waals surface area contributed by atoms with Crippen LogP contribution in [0.25, 0.3) is 0 Å². The zero-order valence-electron chi connectivity index (χ0n) is 9.40. The third-order valence-corrected chi connectivity index (χ3v) is 4.96. The summed E-state index contributed by atoms with van der Waals surface area (Å²) in [7, 11) is -3.37. The van der Waals surface area contributed by atoms with E-state index in [1.807, 2.05) is 13.0 Å². The van der Waals surface area contributed by atoms with Crippen molar-refractivity contribution < 1.29 is 8.42 Å². The number of nitrogens with one attached hydrogen (secondary N) is 1. The van der Waals surface area contributed by atoms with E-state index >= 15 is 0 Å². The SMILES string of the molecule is Cc1ccccc1S(=O)(=O)NCC(C)CBr. The van der Waals surface area contributed by atoms with Gasteiger partial charge >= 0.3 is 0 Å². The minimum atomic E-state index is -3.37. The molecule has 1 aromatic rings. The number of alkyl halides is 1. The normalized spacial score (nSPS) is 13.7. The Balaban J connectivity index is 2.83. The highest BCUT2D eigenvalue weighted by molar-refractivity contribution is 9.09. The summed E-state index contributed by atoms with van der Waals surface area (Å²) in [5.74, 6) is 0.277. The second kappa shape index (κ2) is 5.80. The Morgan fingerprint density at radius 2 is 2.00 bits per heavy atom. The summed E-state index contributed by atoms with van der Waals surface area (Å²) in [4.78, 5) is 0.358. The van der Waals surface area contributed by atoms with Crippen LogP contribution in [0.5, 0.6) is 0 Å². The number of benzene rings is 1. The van der Waals surface area contributed by atoms with Crippen LogP contribution in [-0.4, -0.2) is 20.3 Å². The quantitative estimate of drug-likeness (QED) is 0.849. The molecule has 0 amide bonds. The van der Waals surface area contributed by atoms with E-state index in [0.29, 0.717) is 11.4 Å². The molecule has 0 fully saturated rings. The van der Waals surface area contributed by atoms with Crippen LogP contribution in [0.2, 0.25) is 0 Å². The van der Waals surface area contributed by atoms with Crippen molar-refractivity contribution in [1.82, 2.24) is 4.72 Å². The Bertz CT molecular complexity index is 445. The fourth-order valence-electron chi connectivity index (χ4n) is 1.24. The Morgan fingerprint density at radius 1 is 1.38 bits per heavy atom. The van der Waals surface area contributed by atoms with Gasteiger partial charge in [-0.2, -0.15) is 0 Å². The molecule has 3 nitrogen and oxygen atoms in total. The Kier molecular flexibility index (Phi) is 4.95. The van der Waals surface area contributed by atoms with Crippen LogP contribution >= 0.6 is 15.9 Å². The number of halogens is 1. The third kappa shape index (κ3) is 3.57. The van der Waals surface area contributed by atoms with Crippen molar-refractivity contribution in [2.75, 3.05) is 11.9 Å². The number of rotatable bonds is 5. The Morgan fingerprint density at radius 3 is 2.56 bits per heavy atom. The average Bonchev–Trinajstić information content (AvgIpc) is 2.26. The molecule has 0 aliphatic rings. The summed E-state index contributed by atoms with van der Waals surface area (Å²) in [6, 6.07) is 6.98. The first-order chi connectivity index (χ1) is 7.47. The van der Waals surface area contributed by atoms with Crippen molar-refractivity contribution in [3.63, 3.8) is 0 Å². The maximum atomic E-state index is 11.9. The van der Waals surface area contributed by atoms with Crippen molar-refractivity contribution in [3.05, 3.63) is 29.8 Å². The molecular formula is C11H16BrNO2S. The van der Waals surface area contributed by atoms with Gasteiger partial charge in [0.25, 0.3) is 0 Å². The highest BCUT2D eigenvalue weighted by Gasteiger charge is 2.16. The van der Waals surface area contributed by atoms with E-state index in [1.165, 1.54) is 0 Å². The molecule has 90 valence electrons. The van der Waals surface area contributed by atoms with E-state index in [0.717, 1.165) is 10.9 Å². The van der Waals surface area contributed by atoms with Gasteiger partial charge in [0.1, 0.15) is 0 Å². The summed E-state index contributed by atoms with van der Waals surface area (Å²) in [5, 5.41) is 0.781. The van der Waals surface area contributed by atoms with Crippen molar-refractivity contribution in [1.29, 1.82) is 0 Å². The Labute approximate surface area is 105 Å². The van der Waals surface area contributed by atoms with E-state index in [1.54, 1.807) is 25.1 Å². The molecule has 1 N–H and O–H groups in total. The standard InChI is InChI=1S/C11H16BrNO2S/c1-9(7-12)8-13-16(14,15)11-6-4-3-5-10(11)2/h3-6,9,13H,7-8H2,1-2H3. The van der Waals surface area contributed by atoms with Gasteiger partial charge in [-0.25, -0.2) is 13.1 Å². The lowest BCUT2D eigenvalue weighted by Crippen LogP contribution is -2.29. The van der Waals surface area contributed by atoms with Gasteiger partial charge in [-0.15, -0.1) is 0 Å². The molecule has 0 aromatic heterocycles. The van der Waals surface area contributed by atoms with Gasteiger partial charge in [-0.3, -0.25) is 0 Å². The van der Waals surface area contributed by atoms with Crippen molar-refractivity contribution in [3.8, 4) is 0 Å². The minimum Gasteiger partial charge on any atom is -0.211 e. The lowest BCUT2D eigenvalue weighted by Gasteiger charge is -2.11. The average molecular weight is 306 g/mol. The minimum absolute atomic E-state index is 0.277. The number of sulfonamides is 1. The highest BCUT2D eigenvalue weighted by atomic mass is 79.9. The first-order valence-electron chi connectivity index (χ1n) is 5.08. The molecule has 1 aromatic carbocycles. The van der Waals surface area contributed by atoms with Gasteiger partial charge < -0.3 is 0 Å². The predicted octanol–water partition coefficient (Wildman–Crippen LogP) is 2.30. The molecule has 0 saturated carbocycles. The summed E-state index contributed by atoms with van der Waals surface area (Å²) < 4.78 is 26.5. The molecule has 1 unspecified atom stereocenters. The largest absolute Gasteiger partial charge is 0.240 e. The van der Waals surface area contributed by atoms with Gasteiger partial charge in [0, 0.05) is 11.9 Å². The van der Waals surface area contributed by atoms with Crippen molar-refractivity contribution >= 4 is 26.0 Å². The molecule has 1 atom stereocenters. The van der Waals surface area contributed by atoms with Crippen LogP contribution in [0.3, 0.4) is 0 Å². The van der Waals surface area contributed by atoms with Gasteiger partial charge in [-0.1, -0.05) is 41.1 Å². The molecule has 0 spiro atoms. The number of hydrogen-bond donors (Lipinski definition) is 1. The molecule has 0 bridgehead atoms. The smallest absolute Gasteiger partial charge is 0.211 e. The number of hydrogen-bond acceptors (Lipinski definition) is 2. The van der Waals surface area contributed by atoms with E-state index in [-0.39, 0.29) is 5.92 Å². The monoisotopic (exact) mass is 305 g/mol. The molecule has 0 aliphatic heterocycles. The van der Waals surface area contributed by atoms with Crippen molar-refractivity contribution in [2.45, 2.75) is 18.7 Å². The second-order valence-corrected chi connectivity index (χ2v) is 6.26. The molecular weight excluding hydrogens is 290 g/mol. The molecule has 5 heteroatoms. The third-order valence-electron chi connectivity index (χ3n) is 2.27. The van der Waals surface area contributed by atoms with E-state index < -0.39 is 10.0 Å². The maximum absolute atomic E-state index is 11.9. The molecule has 0 heterocycles. The Hall–Kier alpha value is -0.390. The topological polar surface area (TPSA) is 46.2 Å². The second-order valence-electron chi connectivity index (χ2n) is 3.88. The molecule has 1 rings (SSSR count). The van der Waals surface area contributed by atoms with Crippen LogP contribution < -0.4 is 4.72 Å². The summed E-state index contributed by atoms with van der Waals surface area (Å²) in [6.45, 7) is 4.22. The predicted molar refractivity (Wildman–Crippen MR) is 69.3 cm³/mol. The molecule has 16 heavy (non-hydrogen) atoms.